The van der Waals surface area contributed by atoms with E-state index in [-0.39, 0.29) is 23.7 Å². The Labute approximate surface area is 188 Å². The number of piperidine rings is 1. The lowest BCUT2D eigenvalue weighted by atomic mass is 10.1. The molecule has 1 heterocycles. The van der Waals surface area contributed by atoms with Gasteiger partial charge in [0.15, 0.2) is 11.5 Å². The first-order valence-electron chi connectivity index (χ1n) is 10.6. The standard InChI is InChI=1S/C23H30ClN3O4/c1-17-9-8-10-19(24)22(17)25-26-23(29)27(13-6-3-7-14-27)15-18(28)16-31-21-12-5-4-11-20(21)30-2/h4-5,8-12,18,25,28H,3,6-7,13-16H2,1-2H3/p+1. The zero-order valence-electron chi connectivity index (χ0n) is 18.1. The van der Waals surface area contributed by atoms with E-state index in [4.69, 9.17) is 21.1 Å². The number of amides is 2. The number of ether oxygens (including phenoxy) is 2. The molecule has 0 bridgehead atoms. The van der Waals surface area contributed by atoms with E-state index in [0.29, 0.717) is 35.3 Å². The normalized spacial score (nSPS) is 16.3. The molecule has 0 aliphatic carbocycles. The summed E-state index contributed by atoms with van der Waals surface area (Å²) >= 11 is 6.26. The topological polar surface area (TPSA) is 79.8 Å². The number of urea groups is 1. The molecule has 8 heteroatoms. The van der Waals surface area contributed by atoms with Crippen molar-refractivity contribution in [3.05, 3.63) is 53.1 Å². The van der Waals surface area contributed by atoms with Gasteiger partial charge in [0.2, 0.25) is 0 Å². The number of hydrazine groups is 1. The summed E-state index contributed by atoms with van der Waals surface area (Å²) < 4.78 is 11.2. The Kier molecular flexibility index (Phi) is 8.01. The van der Waals surface area contributed by atoms with Crippen LogP contribution < -0.4 is 20.3 Å². The highest BCUT2D eigenvalue weighted by molar-refractivity contribution is 6.33. The van der Waals surface area contributed by atoms with Crippen LogP contribution in [0.1, 0.15) is 24.8 Å². The van der Waals surface area contributed by atoms with E-state index in [2.05, 4.69) is 10.9 Å². The van der Waals surface area contributed by atoms with Crippen LogP contribution in [-0.4, -0.2) is 55.1 Å². The van der Waals surface area contributed by atoms with Gasteiger partial charge in [-0.2, -0.15) is 0 Å². The number of benzene rings is 2. The van der Waals surface area contributed by atoms with Crippen molar-refractivity contribution in [2.75, 3.05) is 38.8 Å². The Morgan fingerprint density at radius 1 is 1.13 bits per heavy atom. The molecule has 2 aromatic rings. The molecule has 0 aromatic heterocycles. The van der Waals surface area contributed by atoms with Crippen molar-refractivity contribution < 1.29 is 23.9 Å². The number of carbonyl (C=O) groups is 1. The van der Waals surface area contributed by atoms with E-state index in [1.165, 1.54) is 0 Å². The van der Waals surface area contributed by atoms with Crippen LogP contribution in [0.25, 0.3) is 0 Å². The molecule has 7 nitrogen and oxygen atoms in total. The van der Waals surface area contributed by atoms with Gasteiger partial charge in [0.05, 0.1) is 30.9 Å². The molecule has 1 fully saturated rings. The summed E-state index contributed by atoms with van der Waals surface area (Å²) in [5, 5.41) is 11.2. The fraction of sp³-hybridized carbons (Fsp3) is 0.435. The molecule has 0 radical (unpaired) electrons. The first kappa shape index (κ1) is 23.2. The lowest BCUT2D eigenvalue weighted by Crippen LogP contribution is -2.63. The third kappa shape index (κ3) is 5.81. The second-order valence-electron chi connectivity index (χ2n) is 7.94. The number of carbonyl (C=O) groups excluding carboxylic acids is 1. The molecule has 1 unspecified atom stereocenters. The smallest absolute Gasteiger partial charge is 0.435 e. The second kappa shape index (κ2) is 10.7. The number of aliphatic hydroxyl groups is 1. The Morgan fingerprint density at radius 2 is 1.84 bits per heavy atom. The number of aryl methyl sites for hydroxylation is 1. The van der Waals surface area contributed by atoms with Gasteiger partial charge in [-0.3, -0.25) is 5.43 Å². The number of likely N-dealkylation sites (tertiary alicyclic amines) is 1. The Hall–Kier alpha value is -2.48. The number of nitrogens with zero attached hydrogens (tertiary/aromatic N) is 1. The molecule has 1 saturated heterocycles. The summed E-state index contributed by atoms with van der Waals surface area (Å²) in [5.41, 5.74) is 7.40. The lowest BCUT2D eigenvalue weighted by molar-refractivity contribution is -0.859. The van der Waals surface area contributed by atoms with Crippen molar-refractivity contribution in [2.24, 2.45) is 0 Å². The number of quaternary nitrogens is 1. The van der Waals surface area contributed by atoms with Gasteiger partial charge in [0, 0.05) is 0 Å². The van der Waals surface area contributed by atoms with Crippen LogP contribution in [0, 0.1) is 6.92 Å². The number of anilines is 1. The molecule has 0 saturated carbocycles. The third-order valence-electron chi connectivity index (χ3n) is 5.68. The average Bonchev–Trinajstić information content (AvgIpc) is 2.78. The van der Waals surface area contributed by atoms with E-state index in [9.17, 15) is 9.90 Å². The van der Waals surface area contributed by atoms with Gasteiger partial charge in [-0.15, -0.1) is 0 Å². The number of methoxy groups -OCH3 is 1. The van der Waals surface area contributed by atoms with Gasteiger partial charge < -0.3 is 14.6 Å². The number of halogens is 1. The largest absolute Gasteiger partial charge is 0.493 e. The maximum absolute atomic E-state index is 13.2. The number of para-hydroxylation sites is 3. The molecule has 1 atom stereocenters. The predicted octanol–water partition coefficient (Wildman–Crippen LogP) is 4.13. The summed E-state index contributed by atoms with van der Waals surface area (Å²) in [6, 6.07) is 12.7. The third-order valence-corrected chi connectivity index (χ3v) is 5.99. The van der Waals surface area contributed by atoms with Crippen LogP contribution in [0.5, 0.6) is 11.5 Å². The summed E-state index contributed by atoms with van der Waals surface area (Å²) in [6.07, 6.45) is 2.13. The SMILES string of the molecule is COc1ccccc1OCC(O)C[N+]1(C(=O)NNc2c(C)cccc2Cl)CCCCC1. The Bertz CT molecular complexity index is 867. The minimum absolute atomic E-state index is 0.0741. The zero-order chi connectivity index (χ0) is 22.3. The van der Waals surface area contributed by atoms with Gasteiger partial charge >= 0.3 is 6.03 Å². The molecular formula is C23H31ClN3O4+. The highest BCUT2D eigenvalue weighted by Crippen LogP contribution is 2.27. The summed E-state index contributed by atoms with van der Waals surface area (Å²) in [5.74, 6) is 1.17. The number of rotatable bonds is 8. The van der Waals surface area contributed by atoms with Crippen LogP contribution in [0.15, 0.2) is 42.5 Å². The summed E-state index contributed by atoms with van der Waals surface area (Å²) in [4.78, 5) is 13.2. The fourth-order valence-corrected chi connectivity index (χ4v) is 4.26. The summed E-state index contributed by atoms with van der Waals surface area (Å²) in [6.45, 7) is 3.60. The van der Waals surface area contributed by atoms with E-state index in [0.717, 1.165) is 24.8 Å². The zero-order valence-corrected chi connectivity index (χ0v) is 18.8. The summed E-state index contributed by atoms with van der Waals surface area (Å²) in [7, 11) is 1.57. The molecule has 1 aliphatic rings. The van der Waals surface area contributed by atoms with Gasteiger partial charge in [-0.1, -0.05) is 35.9 Å². The predicted molar refractivity (Wildman–Crippen MR) is 122 cm³/mol. The number of nitrogens with one attached hydrogen (secondary N) is 2. The molecular weight excluding hydrogens is 418 g/mol. The monoisotopic (exact) mass is 448 g/mol. The first-order valence-corrected chi connectivity index (χ1v) is 10.9. The number of hydrogen-bond acceptors (Lipinski definition) is 5. The van der Waals surface area contributed by atoms with Crippen molar-refractivity contribution in [2.45, 2.75) is 32.3 Å². The van der Waals surface area contributed by atoms with E-state index in [1.54, 1.807) is 25.3 Å². The van der Waals surface area contributed by atoms with Gasteiger partial charge in [0.1, 0.15) is 19.3 Å². The maximum atomic E-state index is 13.2. The van der Waals surface area contributed by atoms with E-state index >= 15 is 0 Å². The van der Waals surface area contributed by atoms with Crippen molar-refractivity contribution in [1.82, 2.24) is 5.43 Å². The van der Waals surface area contributed by atoms with Crippen LogP contribution in [0.2, 0.25) is 5.02 Å². The van der Waals surface area contributed by atoms with Crippen LogP contribution >= 0.6 is 11.6 Å². The highest BCUT2D eigenvalue weighted by atomic mass is 35.5. The van der Waals surface area contributed by atoms with E-state index in [1.807, 2.05) is 31.2 Å². The van der Waals surface area contributed by atoms with Crippen LogP contribution in [0.3, 0.4) is 0 Å². The minimum Gasteiger partial charge on any atom is -0.493 e. The van der Waals surface area contributed by atoms with Crippen LogP contribution in [0.4, 0.5) is 10.5 Å². The average molecular weight is 449 g/mol. The van der Waals surface area contributed by atoms with Crippen molar-refractivity contribution >= 4 is 23.3 Å². The van der Waals surface area contributed by atoms with Gasteiger partial charge in [0.25, 0.3) is 0 Å². The minimum atomic E-state index is -0.809. The fourth-order valence-electron chi connectivity index (χ4n) is 3.99. The van der Waals surface area contributed by atoms with Gasteiger partial charge in [-0.05, 0) is 49.9 Å². The number of hydrogen-bond donors (Lipinski definition) is 3. The van der Waals surface area contributed by atoms with Crippen LogP contribution in [-0.2, 0) is 0 Å². The number of aliphatic hydroxyl groups excluding tert-OH is 1. The molecule has 31 heavy (non-hydrogen) atoms. The molecule has 1 aliphatic heterocycles. The quantitative estimate of drug-likeness (QED) is 0.418. The molecule has 168 valence electrons. The van der Waals surface area contributed by atoms with Gasteiger partial charge in [-0.25, -0.2) is 14.7 Å². The molecule has 3 rings (SSSR count). The van der Waals surface area contributed by atoms with Crippen molar-refractivity contribution in [3.63, 3.8) is 0 Å². The molecule has 2 amide bonds. The lowest BCUT2D eigenvalue weighted by Gasteiger charge is -2.39. The highest BCUT2D eigenvalue weighted by Gasteiger charge is 2.40. The second-order valence-corrected chi connectivity index (χ2v) is 8.35. The van der Waals surface area contributed by atoms with Crippen molar-refractivity contribution in [1.29, 1.82) is 0 Å². The molecule has 3 N–H and O–H groups in total. The molecule has 2 aromatic carbocycles. The Morgan fingerprint density at radius 3 is 2.52 bits per heavy atom. The maximum Gasteiger partial charge on any atom is 0.435 e. The van der Waals surface area contributed by atoms with E-state index < -0.39 is 6.10 Å². The van der Waals surface area contributed by atoms with Crippen molar-refractivity contribution in [3.8, 4) is 11.5 Å². The Balaban J connectivity index is 1.64. The molecule has 0 spiro atoms. The first-order chi connectivity index (χ1) is 14.9.